The van der Waals surface area contributed by atoms with Gasteiger partial charge in [-0.25, -0.2) is 0 Å². The summed E-state index contributed by atoms with van der Waals surface area (Å²) in [6, 6.07) is 12.4. The molecule has 0 heterocycles. The van der Waals surface area contributed by atoms with Gasteiger partial charge in [0.05, 0.1) is 21.3 Å². The lowest BCUT2D eigenvalue weighted by Crippen LogP contribution is -2.10. The quantitative estimate of drug-likeness (QED) is 0.391. The average Bonchev–Trinajstić information content (AvgIpc) is 2.66. The van der Waals surface area contributed by atoms with E-state index in [1.54, 1.807) is 26.0 Å². The van der Waals surface area contributed by atoms with Gasteiger partial charge in [-0.3, -0.25) is 15.1 Å². The fourth-order valence-corrected chi connectivity index (χ4v) is 3.60. The van der Waals surface area contributed by atoms with E-state index < -0.39 is 0 Å². The van der Waals surface area contributed by atoms with Crippen molar-refractivity contribution in [3.05, 3.63) is 47.0 Å². The molecule has 0 spiro atoms. The summed E-state index contributed by atoms with van der Waals surface area (Å²) in [7, 11) is 4.67. The van der Waals surface area contributed by atoms with Crippen LogP contribution in [0.2, 0.25) is 0 Å². The fraction of sp³-hybridized carbons (Fsp3) is 0.350. The van der Waals surface area contributed by atoms with Gasteiger partial charge < -0.3 is 9.47 Å². The highest BCUT2D eigenvalue weighted by molar-refractivity contribution is 8.03. The maximum Gasteiger partial charge on any atom is 0.305 e. The molecule has 0 aromatic heterocycles. The molecule has 6 heteroatoms. The fourth-order valence-electron chi connectivity index (χ4n) is 2.56. The van der Waals surface area contributed by atoms with Crippen molar-refractivity contribution in [3.8, 4) is 5.75 Å². The first-order valence-electron chi connectivity index (χ1n) is 8.38. The van der Waals surface area contributed by atoms with Gasteiger partial charge in [0.25, 0.3) is 0 Å². The Kier molecular flexibility index (Phi) is 7.81. The van der Waals surface area contributed by atoms with Crippen molar-refractivity contribution < 1.29 is 19.1 Å². The monoisotopic (exact) mass is 375 g/mol. The topological polar surface area (TPSA) is 56.8 Å². The molecule has 0 saturated heterocycles. The van der Waals surface area contributed by atoms with Crippen LogP contribution >= 0.6 is 11.8 Å². The maximum atomic E-state index is 11.4. The third kappa shape index (κ3) is 5.68. The van der Waals surface area contributed by atoms with Gasteiger partial charge in [-0.2, -0.15) is 0 Å². The van der Waals surface area contributed by atoms with Gasteiger partial charge in [-0.05, 0) is 54.8 Å². The van der Waals surface area contributed by atoms with Crippen LogP contribution in [0.4, 0.5) is 0 Å². The number of allylic oxidation sites excluding steroid dienone is 2. The number of carbonyl (C=O) groups excluding carboxylic acids is 1. The van der Waals surface area contributed by atoms with Gasteiger partial charge in [0.2, 0.25) is 0 Å². The summed E-state index contributed by atoms with van der Waals surface area (Å²) < 4.78 is 9.99. The van der Waals surface area contributed by atoms with E-state index in [2.05, 4.69) is 29.7 Å². The molecule has 0 aliphatic heterocycles. The highest BCUT2D eigenvalue weighted by Gasteiger charge is 2.09. The van der Waals surface area contributed by atoms with Crippen molar-refractivity contribution in [1.29, 1.82) is 0 Å². The van der Waals surface area contributed by atoms with Crippen molar-refractivity contribution in [2.45, 2.75) is 31.1 Å². The van der Waals surface area contributed by atoms with Crippen LogP contribution in [-0.2, 0) is 14.4 Å². The molecule has 0 saturated carbocycles. The molecule has 1 N–H and O–H groups in total. The second kappa shape index (κ2) is 10.1. The molecular weight excluding hydrogens is 350 g/mol. The summed E-state index contributed by atoms with van der Waals surface area (Å²) in [6.07, 6.45) is 1.89. The Morgan fingerprint density at radius 3 is 2.46 bits per heavy atom. The van der Waals surface area contributed by atoms with Crippen LogP contribution in [0, 0.1) is 0 Å². The smallest absolute Gasteiger partial charge is 0.305 e. The van der Waals surface area contributed by atoms with E-state index in [0.29, 0.717) is 6.42 Å². The van der Waals surface area contributed by atoms with Crippen molar-refractivity contribution in [2.24, 2.45) is 0 Å². The first-order chi connectivity index (χ1) is 12.6. The Labute approximate surface area is 158 Å². The number of nitrogens with one attached hydrogen (secondary N) is 1. The average molecular weight is 375 g/mol. The Morgan fingerprint density at radius 1 is 1.04 bits per heavy atom. The molecule has 2 rings (SSSR count). The van der Waals surface area contributed by atoms with E-state index in [4.69, 9.17) is 14.3 Å². The van der Waals surface area contributed by atoms with Crippen LogP contribution in [0.15, 0.2) is 51.9 Å². The van der Waals surface area contributed by atoms with Crippen LogP contribution in [0.25, 0.3) is 10.8 Å². The van der Waals surface area contributed by atoms with Gasteiger partial charge in [0.15, 0.2) is 0 Å². The van der Waals surface area contributed by atoms with E-state index in [1.165, 1.54) is 7.11 Å². The number of rotatable bonds is 9. The zero-order valence-electron chi connectivity index (χ0n) is 15.6. The number of hydroxylamine groups is 1. The van der Waals surface area contributed by atoms with E-state index in [9.17, 15) is 4.79 Å². The number of benzene rings is 2. The van der Waals surface area contributed by atoms with Gasteiger partial charge >= 0.3 is 5.97 Å². The molecule has 0 unspecified atom stereocenters. The molecule has 26 heavy (non-hydrogen) atoms. The Balaban J connectivity index is 2.17. The zero-order chi connectivity index (χ0) is 18.9. The lowest BCUT2D eigenvalue weighted by molar-refractivity contribution is -0.140. The number of esters is 1. The van der Waals surface area contributed by atoms with Crippen LogP contribution in [-0.4, -0.2) is 27.3 Å². The molecule has 0 aliphatic carbocycles. The predicted molar refractivity (Wildman–Crippen MR) is 105 cm³/mol. The van der Waals surface area contributed by atoms with Gasteiger partial charge in [-0.15, -0.1) is 0 Å². The molecule has 2 aromatic carbocycles. The lowest BCUT2D eigenvalue weighted by Gasteiger charge is -2.13. The van der Waals surface area contributed by atoms with Crippen molar-refractivity contribution in [3.63, 3.8) is 0 Å². The van der Waals surface area contributed by atoms with Gasteiger partial charge in [0.1, 0.15) is 5.75 Å². The third-order valence-corrected chi connectivity index (χ3v) is 5.19. The third-order valence-electron chi connectivity index (χ3n) is 3.95. The second-order valence-electron chi connectivity index (χ2n) is 5.76. The number of hydrogen-bond donors (Lipinski definition) is 1. The van der Waals surface area contributed by atoms with Crippen LogP contribution < -0.4 is 10.2 Å². The van der Waals surface area contributed by atoms with Crippen LogP contribution in [0.1, 0.15) is 26.2 Å². The molecule has 2 aromatic rings. The molecular formula is C20H25NO4S. The molecule has 0 fully saturated rings. The summed E-state index contributed by atoms with van der Waals surface area (Å²) in [4.78, 5) is 18.7. The minimum atomic E-state index is -0.189. The summed E-state index contributed by atoms with van der Waals surface area (Å²) in [5.41, 5.74) is 3.84. The normalized spacial score (nSPS) is 11.8. The highest BCUT2D eigenvalue weighted by atomic mass is 32.2. The molecule has 0 radical (unpaired) electrons. The van der Waals surface area contributed by atoms with E-state index in [1.807, 2.05) is 19.1 Å². The summed E-state index contributed by atoms with van der Waals surface area (Å²) in [5.74, 6) is 0.660. The van der Waals surface area contributed by atoms with Crippen LogP contribution in [0.3, 0.4) is 0 Å². The largest absolute Gasteiger partial charge is 0.497 e. The highest BCUT2D eigenvalue weighted by Crippen LogP contribution is 2.34. The summed E-state index contributed by atoms with van der Waals surface area (Å²) in [6.45, 7) is 1.97. The van der Waals surface area contributed by atoms with Gasteiger partial charge in [0, 0.05) is 21.9 Å². The number of hydrogen-bond acceptors (Lipinski definition) is 6. The summed E-state index contributed by atoms with van der Waals surface area (Å²) in [5, 5.41) is 2.29. The first-order valence-corrected chi connectivity index (χ1v) is 9.20. The molecule has 0 bridgehead atoms. The van der Waals surface area contributed by atoms with Crippen molar-refractivity contribution in [1.82, 2.24) is 5.48 Å². The Bertz CT molecular complexity index is 788. The van der Waals surface area contributed by atoms with E-state index in [-0.39, 0.29) is 5.97 Å². The van der Waals surface area contributed by atoms with E-state index in [0.717, 1.165) is 44.9 Å². The number of ether oxygens (including phenoxy) is 2. The Hall–Kier alpha value is -2.18. The SMILES string of the molecule is CONC(C)=C(CCCC(=O)OC)Sc1ccc2cc(OC)ccc2c1. The summed E-state index contributed by atoms with van der Waals surface area (Å²) >= 11 is 1.67. The minimum absolute atomic E-state index is 0.189. The van der Waals surface area contributed by atoms with Crippen LogP contribution in [0.5, 0.6) is 5.75 Å². The molecule has 140 valence electrons. The molecule has 5 nitrogen and oxygen atoms in total. The molecule has 0 amide bonds. The number of carbonyl (C=O) groups is 1. The van der Waals surface area contributed by atoms with Gasteiger partial charge in [-0.1, -0.05) is 23.9 Å². The number of fused-ring (bicyclic) bond motifs is 1. The lowest BCUT2D eigenvalue weighted by atomic mass is 10.1. The molecule has 0 aliphatic rings. The number of methoxy groups -OCH3 is 2. The standard InChI is InChI=1S/C20H25NO4S/c1-14(21-25-4)19(6-5-7-20(22)24-3)26-18-11-9-15-12-17(23-2)10-8-16(15)13-18/h8-13,21H,5-7H2,1-4H3. The van der Waals surface area contributed by atoms with Crippen molar-refractivity contribution >= 4 is 28.5 Å². The second-order valence-corrected chi connectivity index (χ2v) is 6.93. The predicted octanol–water partition coefficient (Wildman–Crippen LogP) is 4.67. The maximum absolute atomic E-state index is 11.4. The number of thioether (sulfide) groups is 1. The first kappa shape index (κ1) is 20.1. The van der Waals surface area contributed by atoms with Crippen molar-refractivity contribution in [2.75, 3.05) is 21.3 Å². The Morgan fingerprint density at radius 2 is 1.77 bits per heavy atom. The van der Waals surface area contributed by atoms with E-state index >= 15 is 0 Å². The molecule has 0 atom stereocenters. The zero-order valence-corrected chi connectivity index (χ0v) is 16.4. The minimum Gasteiger partial charge on any atom is -0.497 e.